The monoisotopic (exact) mass is 371 g/mol. The molecule has 28 heavy (non-hydrogen) atoms. The van der Waals surface area contributed by atoms with Crippen LogP contribution in [0.5, 0.6) is 0 Å². The van der Waals surface area contributed by atoms with Crippen LogP contribution in [0.2, 0.25) is 0 Å². The summed E-state index contributed by atoms with van der Waals surface area (Å²) in [4.78, 5) is 12.5. The standard InChI is InChI=1S/C22H17N3O3/c1-2-5-15-9-11-16(12-10-15)20(26)23-18-7-3-6-17(14-18)21-24-25-22(28-21)19-8-4-13-27-19/h2-14H,1H3,(H,23,26)/b5-2-. The number of benzene rings is 2. The van der Waals surface area contributed by atoms with E-state index in [1.54, 1.807) is 42.7 Å². The van der Waals surface area contributed by atoms with Crippen molar-refractivity contribution in [2.45, 2.75) is 6.92 Å². The summed E-state index contributed by atoms with van der Waals surface area (Å²) >= 11 is 0. The van der Waals surface area contributed by atoms with Gasteiger partial charge in [-0.2, -0.15) is 0 Å². The summed E-state index contributed by atoms with van der Waals surface area (Å²) in [7, 11) is 0. The van der Waals surface area contributed by atoms with E-state index in [1.165, 1.54) is 0 Å². The molecule has 1 amide bonds. The molecular formula is C22H17N3O3. The van der Waals surface area contributed by atoms with Crippen LogP contribution in [0.25, 0.3) is 29.2 Å². The van der Waals surface area contributed by atoms with Gasteiger partial charge in [-0.15, -0.1) is 10.2 Å². The van der Waals surface area contributed by atoms with E-state index in [0.717, 1.165) is 5.56 Å². The first-order valence-electron chi connectivity index (χ1n) is 8.75. The van der Waals surface area contributed by atoms with Gasteiger partial charge in [-0.1, -0.05) is 30.4 Å². The van der Waals surface area contributed by atoms with Crippen LogP contribution >= 0.6 is 0 Å². The molecule has 0 aliphatic heterocycles. The molecule has 2 heterocycles. The Morgan fingerprint density at radius 1 is 1.00 bits per heavy atom. The van der Waals surface area contributed by atoms with Gasteiger partial charge < -0.3 is 14.2 Å². The Morgan fingerprint density at radius 3 is 2.57 bits per heavy atom. The molecule has 0 bridgehead atoms. The second-order valence-electron chi connectivity index (χ2n) is 6.05. The minimum Gasteiger partial charge on any atom is -0.459 e. The Bertz CT molecular complexity index is 1110. The highest BCUT2D eigenvalue weighted by Crippen LogP contribution is 2.26. The van der Waals surface area contributed by atoms with Gasteiger partial charge in [0, 0.05) is 16.8 Å². The molecule has 6 heteroatoms. The molecule has 2 aromatic carbocycles. The first kappa shape index (κ1) is 17.5. The lowest BCUT2D eigenvalue weighted by Crippen LogP contribution is -2.11. The summed E-state index contributed by atoms with van der Waals surface area (Å²) in [6.07, 6.45) is 5.47. The molecule has 2 aromatic heterocycles. The molecule has 4 aromatic rings. The summed E-state index contributed by atoms with van der Waals surface area (Å²) in [5.41, 5.74) is 2.96. The second kappa shape index (κ2) is 7.75. The third-order valence-corrected chi connectivity index (χ3v) is 4.06. The number of anilines is 1. The molecule has 0 fully saturated rings. The summed E-state index contributed by atoms with van der Waals surface area (Å²) < 4.78 is 10.9. The molecule has 4 rings (SSSR count). The highest BCUT2D eigenvalue weighted by Gasteiger charge is 2.13. The summed E-state index contributed by atoms with van der Waals surface area (Å²) in [5.74, 6) is 0.962. The van der Waals surface area contributed by atoms with Crippen LogP contribution in [0.4, 0.5) is 5.69 Å². The maximum absolute atomic E-state index is 12.5. The first-order valence-corrected chi connectivity index (χ1v) is 8.75. The van der Waals surface area contributed by atoms with Crippen LogP contribution in [-0.2, 0) is 0 Å². The molecule has 138 valence electrons. The quantitative estimate of drug-likeness (QED) is 0.516. The van der Waals surface area contributed by atoms with Crippen molar-refractivity contribution < 1.29 is 13.6 Å². The van der Waals surface area contributed by atoms with Crippen molar-refractivity contribution in [3.05, 3.63) is 84.1 Å². The molecule has 0 spiro atoms. The Balaban J connectivity index is 1.51. The molecular weight excluding hydrogens is 354 g/mol. The van der Waals surface area contributed by atoms with Crippen LogP contribution in [-0.4, -0.2) is 16.1 Å². The lowest BCUT2D eigenvalue weighted by Gasteiger charge is -2.06. The van der Waals surface area contributed by atoms with Crippen LogP contribution in [0.3, 0.4) is 0 Å². The van der Waals surface area contributed by atoms with E-state index in [4.69, 9.17) is 8.83 Å². The van der Waals surface area contributed by atoms with Crippen molar-refractivity contribution in [3.8, 4) is 23.1 Å². The molecule has 0 aliphatic carbocycles. The number of allylic oxidation sites excluding steroid dienone is 1. The fraction of sp³-hybridized carbons (Fsp3) is 0.0455. The van der Waals surface area contributed by atoms with Gasteiger partial charge in [-0.3, -0.25) is 4.79 Å². The largest absolute Gasteiger partial charge is 0.459 e. The normalized spacial score (nSPS) is 11.0. The predicted octanol–water partition coefficient (Wildman–Crippen LogP) is 5.28. The van der Waals surface area contributed by atoms with Crippen molar-refractivity contribution in [2.75, 3.05) is 5.32 Å². The molecule has 1 N–H and O–H groups in total. The maximum Gasteiger partial charge on any atom is 0.283 e. The molecule has 0 saturated heterocycles. The molecule has 0 saturated carbocycles. The van der Waals surface area contributed by atoms with Gasteiger partial charge in [-0.25, -0.2) is 0 Å². The number of furan rings is 1. The number of hydrogen-bond acceptors (Lipinski definition) is 5. The smallest absolute Gasteiger partial charge is 0.283 e. The topological polar surface area (TPSA) is 81.2 Å². The van der Waals surface area contributed by atoms with Crippen molar-refractivity contribution in [2.24, 2.45) is 0 Å². The number of amides is 1. The van der Waals surface area contributed by atoms with E-state index < -0.39 is 0 Å². The van der Waals surface area contributed by atoms with E-state index in [9.17, 15) is 4.79 Å². The zero-order valence-electron chi connectivity index (χ0n) is 15.1. The Hall–Kier alpha value is -3.93. The van der Waals surface area contributed by atoms with Crippen molar-refractivity contribution in [1.82, 2.24) is 10.2 Å². The molecule has 0 atom stereocenters. The minimum absolute atomic E-state index is 0.189. The minimum atomic E-state index is -0.189. The zero-order chi connectivity index (χ0) is 19.3. The van der Waals surface area contributed by atoms with E-state index in [1.807, 2.05) is 43.3 Å². The fourth-order valence-corrected chi connectivity index (χ4v) is 2.71. The molecule has 6 nitrogen and oxygen atoms in total. The van der Waals surface area contributed by atoms with Crippen molar-refractivity contribution in [3.63, 3.8) is 0 Å². The van der Waals surface area contributed by atoms with Crippen LogP contribution in [0.15, 0.2) is 81.8 Å². The molecule has 0 aliphatic rings. The Morgan fingerprint density at radius 2 is 1.82 bits per heavy atom. The Labute approximate surface area is 161 Å². The number of aromatic nitrogens is 2. The third kappa shape index (κ3) is 3.76. The van der Waals surface area contributed by atoms with Gasteiger partial charge in [0.1, 0.15) is 0 Å². The summed E-state index contributed by atoms with van der Waals surface area (Å²) in [6.45, 7) is 1.95. The van der Waals surface area contributed by atoms with Crippen LogP contribution in [0, 0.1) is 0 Å². The highest BCUT2D eigenvalue weighted by atomic mass is 16.4. The van der Waals surface area contributed by atoms with Gasteiger partial charge >= 0.3 is 0 Å². The number of carbonyl (C=O) groups is 1. The lowest BCUT2D eigenvalue weighted by atomic mass is 10.1. The van der Waals surface area contributed by atoms with Gasteiger partial charge in [0.2, 0.25) is 5.89 Å². The maximum atomic E-state index is 12.5. The van der Waals surface area contributed by atoms with Crippen molar-refractivity contribution in [1.29, 1.82) is 0 Å². The van der Waals surface area contributed by atoms with E-state index in [2.05, 4.69) is 15.5 Å². The number of hydrogen-bond donors (Lipinski definition) is 1. The van der Waals surface area contributed by atoms with E-state index in [-0.39, 0.29) is 5.91 Å². The average Bonchev–Trinajstić information content (AvgIpc) is 3.41. The van der Waals surface area contributed by atoms with Gasteiger partial charge in [-0.05, 0) is 55.0 Å². The Kier molecular flexibility index (Phi) is 4.84. The number of nitrogens with zero attached hydrogens (tertiary/aromatic N) is 2. The first-order chi connectivity index (χ1) is 13.7. The number of nitrogens with one attached hydrogen (secondary N) is 1. The summed E-state index contributed by atoms with van der Waals surface area (Å²) in [6, 6.07) is 18.1. The van der Waals surface area contributed by atoms with Gasteiger partial charge in [0.15, 0.2) is 5.76 Å². The SMILES string of the molecule is C/C=C\c1ccc(C(=O)Nc2cccc(-c3nnc(-c4ccco4)o3)c2)cc1. The average molecular weight is 371 g/mol. The second-order valence-corrected chi connectivity index (χ2v) is 6.05. The van der Waals surface area contributed by atoms with Crippen molar-refractivity contribution >= 4 is 17.7 Å². The zero-order valence-corrected chi connectivity index (χ0v) is 15.1. The van der Waals surface area contributed by atoms with Crippen LogP contribution < -0.4 is 5.32 Å². The molecule has 0 unspecified atom stereocenters. The van der Waals surface area contributed by atoms with Gasteiger partial charge in [0.25, 0.3) is 11.8 Å². The fourth-order valence-electron chi connectivity index (χ4n) is 2.71. The number of rotatable bonds is 5. The number of carbonyl (C=O) groups excluding carboxylic acids is 1. The predicted molar refractivity (Wildman–Crippen MR) is 107 cm³/mol. The van der Waals surface area contributed by atoms with E-state index >= 15 is 0 Å². The third-order valence-electron chi connectivity index (χ3n) is 4.06. The highest BCUT2D eigenvalue weighted by molar-refractivity contribution is 6.04. The lowest BCUT2D eigenvalue weighted by molar-refractivity contribution is 0.102. The molecule has 0 radical (unpaired) electrons. The van der Waals surface area contributed by atoms with Gasteiger partial charge in [0.05, 0.1) is 6.26 Å². The van der Waals surface area contributed by atoms with E-state index in [0.29, 0.717) is 34.4 Å². The summed E-state index contributed by atoms with van der Waals surface area (Å²) in [5, 5.41) is 10.9. The van der Waals surface area contributed by atoms with Crippen LogP contribution in [0.1, 0.15) is 22.8 Å².